The van der Waals surface area contributed by atoms with Gasteiger partial charge >= 0.3 is 0 Å². The highest BCUT2D eigenvalue weighted by atomic mass is 16.5. The minimum absolute atomic E-state index is 0.0101. The molecule has 0 atom stereocenters. The summed E-state index contributed by atoms with van der Waals surface area (Å²) >= 11 is 0. The van der Waals surface area contributed by atoms with E-state index in [0.717, 1.165) is 11.8 Å². The van der Waals surface area contributed by atoms with Crippen molar-refractivity contribution in [3.05, 3.63) is 0 Å². The molecule has 0 amide bonds. The first kappa shape index (κ1) is 19.0. The second-order valence-corrected chi connectivity index (χ2v) is 8.19. The highest BCUT2D eigenvalue weighted by molar-refractivity contribution is 4.77. The Balaban J connectivity index is 4.06. The zero-order valence-corrected chi connectivity index (χ0v) is 14.8. The minimum Gasteiger partial charge on any atom is -0.370 e. The van der Waals surface area contributed by atoms with Gasteiger partial charge in [0.2, 0.25) is 0 Å². The van der Waals surface area contributed by atoms with E-state index in [1.54, 1.807) is 0 Å². The quantitative estimate of drug-likeness (QED) is 0.458. The summed E-state index contributed by atoms with van der Waals surface area (Å²) in [7, 11) is 0. The summed E-state index contributed by atoms with van der Waals surface area (Å²) in [4.78, 5) is 0. The van der Waals surface area contributed by atoms with Crippen LogP contribution in [0, 0.1) is 11.8 Å². The summed E-state index contributed by atoms with van der Waals surface area (Å²) in [6.45, 7) is 18.2. The first-order valence-electron chi connectivity index (χ1n) is 8.24. The Morgan fingerprint density at radius 3 is 1.26 bits per heavy atom. The molecule has 0 saturated heterocycles. The smallest absolute Gasteiger partial charge is 0.0633 e. The van der Waals surface area contributed by atoms with E-state index in [9.17, 15) is 0 Å². The topological polar surface area (TPSA) is 9.23 Å². The lowest BCUT2D eigenvalue weighted by atomic mass is 9.93. The van der Waals surface area contributed by atoms with Gasteiger partial charge in [-0.2, -0.15) is 0 Å². The molecule has 0 fully saturated rings. The molecule has 0 aromatic heterocycles. The largest absolute Gasteiger partial charge is 0.370 e. The van der Waals surface area contributed by atoms with E-state index in [2.05, 4.69) is 55.4 Å². The van der Waals surface area contributed by atoms with Crippen LogP contribution in [0.4, 0.5) is 0 Å². The van der Waals surface area contributed by atoms with Crippen LogP contribution in [-0.4, -0.2) is 11.2 Å². The van der Waals surface area contributed by atoms with Crippen LogP contribution >= 0.6 is 0 Å². The minimum atomic E-state index is 0.0101. The van der Waals surface area contributed by atoms with Gasteiger partial charge in [-0.25, -0.2) is 0 Å². The van der Waals surface area contributed by atoms with Crippen LogP contribution in [0.3, 0.4) is 0 Å². The van der Waals surface area contributed by atoms with Crippen molar-refractivity contribution in [3.8, 4) is 0 Å². The van der Waals surface area contributed by atoms with Crippen LogP contribution in [0.25, 0.3) is 0 Å². The third-order valence-electron chi connectivity index (χ3n) is 3.67. The molecule has 0 spiro atoms. The molecule has 1 heteroatoms. The van der Waals surface area contributed by atoms with Gasteiger partial charge in [-0.1, -0.05) is 53.4 Å². The first-order valence-corrected chi connectivity index (χ1v) is 8.24. The molecule has 1 nitrogen and oxygen atoms in total. The average Bonchev–Trinajstić information content (AvgIpc) is 2.12. The van der Waals surface area contributed by atoms with E-state index in [1.165, 1.54) is 38.5 Å². The molecule has 0 aliphatic rings. The molecular formula is C18H38O. The van der Waals surface area contributed by atoms with E-state index in [0.29, 0.717) is 0 Å². The molecule has 0 unspecified atom stereocenters. The van der Waals surface area contributed by atoms with Gasteiger partial charge in [-0.15, -0.1) is 0 Å². The molecule has 0 radical (unpaired) electrons. The molecule has 0 heterocycles. The monoisotopic (exact) mass is 270 g/mol. The highest BCUT2D eigenvalue weighted by Gasteiger charge is 2.28. The van der Waals surface area contributed by atoms with Crippen LogP contribution in [-0.2, 0) is 4.74 Å². The van der Waals surface area contributed by atoms with Gasteiger partial charge < -0.3 is 4.74 Å². The predicted molar refractivity (Wildman–Crippen MR) is 86.6 cm³/mol. The molecule has 0 saturated carbocycles. The van der Waals surface area contributed by atoms with Crippen LogP contribution in [0.2, 0.25) is 0 Å². The molecule has 0 aromatic carbocycles. The van der Waals surface area contributed by atoms with Crippen LogP contribution < -0.4 is 0 Å². The Labute approximate surface area is 122 Å². The maximum Gasteiger partial charge on any atom is 0.0633 e. The Morgan fingerprint density at radius 1 is 0.684 bits per heavy atom. The number of hydrogen-bond donors (Lipinski definition) is 0. The van der Waals surface area contributed by atoms with E-state index in [-0.39, 0.29) is 11.2 Å². The van der Waals surface area contributed by atoms with E-state index in [4.69, 9.17) is 4.74 Å². The number of rotatable bonds is 10. The summed E-state index contributed by atoms with van der Waals surface area (Å²) in [6.07, 6.45) is 7.48. The average molecular weight is 271 g/mol. The zero-order chi connectivity index (χ0) is 15.1. The normalized spacial score (nSPS) is 13.6. The molecule has 0 aromatic rings. The van der Waals surface area contributed by atoms with Gasteiger partial charge in [0.05, 0.1) is 11.2 Å². The maximum absolute atomic E-state index is 6.39. The zero-order valence-electron chi connectivity index (χ0n) is 14.8. The van der Waals surface area contributed by atoms with E-state index >= 15 is 0 Å². The number of hydrogen-bond acceptors (Lipinski definition) is 1. The molecule has 19 heavy (non-hydrogen) atoms. The molecule has 0 N–H and O–H groups in total. The van der Waals surface area contributed by atoms with Gasteiger partial charge in [0, 0.05) is 0 Å². The Kier molecular flexibility index (Phi) is 8.27. The Hall–Kier alpha value is -0.0400. The summed E-state index contributed by atoms with van der Waals surface area (Å²) in [6, 6.07) is 0. The lowest BCUT2D eigenvalue weighted by Gasteiger charge is -2.36. The molecule has 116 valence electrons. The van der Waals surface area contributed by atoms with Gasteiger partial charge in [0.1, 0.15) is 0 Å². The lowest BCUT2D eigenvalue weighted by Crippen LogP contribution is -2.37. The van der Waals surface area contributed by atoms with Crippen LogP contribution in [0.5, 0.6) is 0 Å². The SMILES string of the molecule is CC(C)CCCC(C)(C)OC(C)(C)CCCC(C)C. The van der Waals surface area contributed by atoms with Crippen molar-refractivity contribution in [1.82, 2.24) is 0 Å². The second-order valence-electron chi connectivity index (χ2n) is 8.19. The lowest BCUT2D eigenvalue weighted by molar-refractivity contribution is -0.130. The molecule has 0 aliphatic carbocycles. The van der Waals surface area contributed by atoms with Gasteiger partial charge in [-0.3, -0.25) is 0 Å². The van der Waals surface area contributed by atoms with E-state index < -0.39 is 0 Å². The first-order chi connectivity index (χ1) is 8.54. The third-order valence-corrected chi connectivity index (χ3v) is 3.67. The molecule has 0 aliphatic heterocycles. The van der Waals surface area contributed by atoms with E-state index in [1.807, 2.05) is 0 Å². The Bertz CT molecular complexity index is 202. The third kappa shape index (κ3) is 11.5. The van der Waals surface area contributed by atoms with Crippen molar-refractivity contribution in [2.75, 3.05) is 0 Å². The van der Waals surface area contributed by atoms with Gasteiger partial charge in [0.25, 0.3) is 0 Å². The highest BCUT2D eigenvalue weighted by Crippen LogP contribution is 2.29. The second kappa shape index (κ2) is 8.29. The molecular weight excluding hydrogens is 232 g/mol. The van der Waals surface area contributed by atoms with Gasteiger partial charge in [-0.05, 0) is 52.4 Å². The van der Waals surface area contributed by atoms with Crippen molar-refractivity contribution >= 4 is 0 Å². The van der Waals surface area contributed by atoms with Gasteiger partial charge in [0.15, 0.2) is 0 Å². The standard InChI is InChI=1S/C18H38O/c1-15(2)11-9-13-17(5,6)19-18(7,8)14-10-12-16(3)4/h15-16H,9-14H2,1-8H3. The summed E-state index contributed by atoms with van der Waals surface area (Å²) in [5.74, 6) is 1.60. The summed E-state index contributed by atoms with van der Waals surface area (Å²) in [5.41, 5.74) is 0.0203. The van der Waals surface area contributed by atoms with Crippen LogP contribution in [0.15, 0.2) is 0 Å². The fraction of sp³-hybridized carbons (Fsp3) is 1.00. The van der Waals surface area contributed by atoms with Crippen molar-refractivity contribution in [2.24, 2.45) is 11.8 Å². The van der Waals surface area contributed by atoms with Crippen molar-refractivity contribution in [2.45, 2.75) is 105 Å². The van der Waals surface area contributed by atoms with Crippen LogP contribution in [0.1, 0.15) is 93.9 Å². The van der Waals surface area contributed by atoms with Crippen molar-refractivity contribution in [1.29, 1.82) is 0 Å². The fourth-order valence-electron chi connectivity index (χ4n) is 2.72. The fourth-order valence-corrected chi connectivity index (χ4v) is 2.72. The summed E-state index contributed by atoms with van der Waals surface area (Å²) < 4.78 is 6.39. The predicted octanol–water partition coefficient (Wildman–Crippen LogP) is 6.21. The molecule has 0 bridgehead atoms. The van der Waals surface area contributed by atoms with Crippen molar-refractivity contribution < 1.29 is 4.74 Å². The number of ether oxygens (including phenoxy) is 1. The van der Waals surface area contributed by atoms with Crippen molar-refractivity contribution in [3.63, 3.8) is 0 Å². The maximum atomic E-state index is 6.39. The molecule has 0 rings (SSSR count). The summed E-state index contributed by atoms with van der Waals surface area (Å²) in [5, 5.41) is 0. The Morgan fingerprint density at radius 2 is 1.00 bits per heavy atom.